The molecular weight excluding hydrogens is 267 g/mol. The van der Waals surface area contributed by atoms with Crippen LogP contribution in [0.5, 0.6) is 5.75 Å². The highest BCUT2D eigenvalue weighted by Gasteiger charge is 2.02. The largest absolute Gasteiger partial charge is 0.508 e. The van der Waals surface area contributed by atoms with Gasteiger partial charge >= 0.3 is 0 Å². The van der Waals surface area contributed by atoms with Gasteiger partial charge in [-0.3, -0.25) is 0 Å². The molecule has 0 saturated heterocycles. The molecule has 0 aliphatic carbocycles. The van der Waals surface area contributed by atoms with Gasteiger partial charge in [-0.25, -0.2) is 0 Å². The summed E-state index contributed by atoms with van der Waals surface area (Å²) in [6.45, 7) is 0. The molecule has 1 aromatic rings. The van der Waals surface area contributed by atoms with Gasteiger partial charge in [0.15, 0.2) is 0 Å². The molecule has 0 radical (unpaired) electrons. The molecule has 60 valence electrons. The van der Waals surface area contributed by atoms with Gasteiger partial charge in [0.1, 0.15) is 5.75 Å². The first-order valence-electron chi connectivity index (χ1n) is 3.72. The van der Waals surface area contributed by atoms with Crippen molar-refractivity contribution >= 4 is 32.8 Å². The Bertz CT molecular complexity index is 230. The van der Waals surface area contributed by atoms with Crippen molar-refractivity contribution in [3.8, 4) is 5.75 Å². The molecular formula is C8H11IOSi. The van der Waals surface area contributed by atoms with E-state index in [0.717, 1.165) is 12.0 Å². The zero-order chi connectivity index (χ0) is 8.27. The van der Waals surface area contributed by atoms with Crippen LogP contribution in [0.1, 0.15) is 5.56 Å². The Morgan fingerprint density at radius 1 is 1.45 bits per heavy atom. The minimum absolute atomic E-state index is 0.452. The van der Waals surface area contributed by atoms with Crippen LogP contribution < -0.4 is 0 Å². The maximum atomic E-state index is 9.43. The van der Waals surface area contributed by atoms with Crippen LogP contribution >= 0.6 is 22.6 Å². The third-order valence-corrected chi connectivity index (χ3v) is 3.10. The Morgan fingerprint density at radius 3 is 2.73 bits per heavy atom. The van der Waals surface area contributed by atoms with E-state index in [-0.39, 0.29) is 0 Å². The Kier molecular flexibility index (Phi) is 3.38. The summed E-state index contributed by atoms with van der Waals surface area (Å²) in [6.07, 6.45) is 1.02. The molecule has 0 aliphatic rings. The maximum Gasteiger partial charge on any atom is 0.119 e. The first-order chi connectivity index (χ1) is 5.25. The Hall–Kier alpha value is -0.0331. The summed E-state index contributed by atoms with van der Waals surface area (Å²) >= 11 is 2.26. The topological polar surface area (TPSA) is 20.2 Å². The fourth-order valence-electron chi connectivity index (χ4n) is 1.04. The standard InChI is InChI=1S/C8H11IOSi/c9-7-2-1-3-8(10)6(7)4-5-11/h1-3,10H,4-5H2,11H3. The van der Waals surface area contributed by atoms with E-state index in [2.05, 4.69) is 22.6 Å². The molecule has 0 fully saturated rings. The summed E-state index contributed by atoms with van der Waals surface area (Å²) in [5.74, 6) is 0.452. The molecule has 1 aromatic carbocycles. The van der Waals surface area contributed by atoms with Crippen molar-refractivity contribution in [2.45, 2.75) is 12.5 Å². The van der Waals surface area contributed by atoms with Gasteiger partial charge in [0, 0.05) is 19.4 Å². The zero-order valence-electron chi connectivity index (χ0n) is 6.47. The molecule has 1 rings (SSSR count). The lowest BCUT2D eigenvalue weighted by atomic mass is 10.1. The number of benzene rings is 1. The molecule has 0 spiro atoms. The van der Waals surface area contributed by atoms with Crippen molar-refractivity contribution in [1.29, 1.82) is 0 Å². The van der Waals surface area contributed by atoms with E-state index in [9.17, 15) is 5.11 Å². The van der Waals surface area contributed by atoms with Crippen molar-refractivity contribution < 1.29 is 5.11 Å². The van der Waals surface area contributed by atoms with Crippen LogP contribution in [-0.2, 0) is 6.42 Å². The smallest absolute Gasteiger partial charge is 0.119 e. The van der Waals surface area contributed by atoms with E-state index in [1.807, 2.05) is 12.1 Å². The molecule has 0 bridgehead atoms. The molecule has 0 unspecified atom stereocenters. The lowest BCUT2D eigenvalue weighted by Gasteiger charge is -2.04. The summed E-state index contributed by atoms with van der Waals surface area (Å²) in [5.41, 5.74) is 1.11. The predicted octanol–water partition coefficient (Wildman–Crippen LogP) is 1.32. The lowest BCUT2D eigenvalue weighted by molar-refractivity contribution is 0.468. The third-order valence-electron chi connectivity index (χ3n) is 1.59. The van der Waals surface area contributed by atoms with E-state index in [1.54, 1.807) is 6.07 Å². The second kappa shape index (κ2) is 4.11. The van der Waals surface area contributed by atoms with Crippen LogP contribution in [0.2, 0.25) is 6.04 Å². The molecule has 1 N–H and O–H groups in total. The molecule has 0 amide bonds. The average Bonchev–Trinajstić information content (AvgIpc) is 1.97. The minimum atomic E-state index is 0.452. The first kappa shape index (κ1) is 9.06. The minimum Gasteiger partial charge on any atom is -0.508 e. The van der Waals surface area contributed by atoms with E-state index in [1.165, 1.54) is 19.9 Å². The molecule has 1 nitrogen and oxygen atoms in total. The Labute approximate surface area is 83.4 Å². The van der Waals surface area contributed by atoms with Gasteiger partial charge in [0.05, 0.1) is 0 Å². The highest BCUT2D eigenvalue weighted by molar-refractivity contribution is 14.1. The highest BCUT2D eigenvalue weighted by atomic mass is 127. The summed E-state index contributed by atoms with van der Waals surface area (Å²) < 4.78 is 1.18. The number of phenolic OH excluding ortho intramolecular Hbond substituents is 1. The molecule has 0 heterocycles. The van der Waals surface area contributed by atoms with Gasteiger partial charge in [-0.05, 0) is 41.1 Å². The van der Waals surface area contributed by atoms with Crippen LogP contribution in [0.15, 0.2) is 18.2 Å². The molecule has 0 aliphatic heterocycles. The van der Waals surface area contributed by atoms with Crippen molar-refractivity contribution in [3.63, 3.8) is 0 Å². The summed E-state index contributed by atoms with van der Waals surface area (Å²) in [5, 5.41) is 9.43. The number of rotatable bonds is 2. The first-order valence-corrected chi connectivity index (χ1v) is 6.21. The lowest BCUT2D eigenvalue weighted by Crippen LogP contribution is -1.88. The monoisotopic (exact) mass is 278 g/mol. The summed E-state index contributed by atoms with van der Waals surface area (Å²) in [6, 6.07) is 6.89. The summed E-state index contributed by atoms with van der Waals surface area (Å²) in [4.78, 5) is 0. The summed E-state index contributed by atoms with van der Waals surface area (Å²) in [7, 11) is 1.21. The van der Waals surface area contributed by atoms with E-state index in [0.29, 0.717) is 5.75 Å². The number of halogens is 1. The van der Waals surface area contributed by atoms with E-state index in [4.69, 9.17) is 0 Å². The Morgan fingerprint density at radius 2 is 2.18 bits per heavy atom. The van der Waals surface area contributed by atoms with Crippen LogP contribution in [0, 0.1) is 3.57 Å². The SMILES string of the molecule is Oc1cccc(I)c1CC[SiH3]. The normalized spacial score (nSPS) is 10.3. The number of phenols is 1. The van der Waals surface area contributed by atoms with Gasteiger partial charge in [-0.15, -0.1) is 0 Å². The van der Waals surface area contributed by atoms with Gasteiger partial charge in [0.25, 0.3) is 0 Å². The van der Waals surface area contributed by atoms with Crippen LogP contribution in [-0.4, -0.2) is 15.3 Å². The predicted molar refractivity (Wildman–Crippen MR) is 59.3 cm³/mol. The van der Waals surface area contributed by atoms with Crippen molar-refractivity contribution in [3.05, 3.63) is 27.3 Å². The van der Waals surface area contributed by atoms with Crippen molar-refractivity contribution in [1.82, 2.24) is 0 Å². The van der Waals surface area contributed by atoms with Gasteiger partial charge in [-0.1, -0.05) is 12.1 Å². The average molecular weight is 278 g/mol. The quantitative estimate of drug-likeness (QED) is 0.639. The molecule has 0 atom stereocenters. The molecule has 0 saturated carbocycles. The van der Waals surface area contributed by atoms with E-state index < -0.39 is 0 Å². The van der Waals surface area contributed by atoms with Crippen molar-refractivity contribution in [2.75, 3.05) is 0 Å². The molecule has 0 aromatic heterocycles. The van der Waals surface area contributed by atoms with Crippen LogP contribution in [0.25, 0.3) is 0 Å². The van der Waals surface area contributed by atoms with Crippen LogP contribution in [0.3, 0.4) is 0 Å². The third kappa shape index (κ3) is 2.20. The second-order valence-electron chi connectivity index (χ2n) is 2.49. The molecule has 11 heavy (non-hydrogen) atoms. The number of aromatic hydroxyl groups is 1. The fourth-order valence-corrected chi connectivity index (χ4v) is 2.30. The maximum absolute atomic E-state index is 9.43. The van der Waals surface area contributed by atoms with Crippen molar-refractivity contribution in [2.24, 2.45) is 0 Å². The second-order valence-corrected chi connectivity index (χ2v) is 4.65. The number of hydrogen-bond donors (Lipinski definition) is 1. The van der Waals surface area contributed by atoms with Gasteiger partial charge in [0.2, 0.25) is 0 Å². The van der Waals surface area contributed by atoms with Crippen LogP contribution in [0.4, 0.5) is 0 Å². The number of hydrogen-bond acceptors (Lipinski definition) is 1. The zero-order valence-corrected chi connectivity index (χ0v) is 10.6. The highest BCUT2D eigenvalue weighted by Crippen LogP contribution is 2.23. The van der Waals surface area contributed by atoms with Gasteiger partial charge < -0.3 is 5.11 Å². The fraction of sp³-hybridized carbons (Fsp3) is 0.250. The molecule has 3 heteroatoms. The Balaban J connectivity index is 3.00. The van der Waals surface area contributed by atoms with Gasteiger partial charge in [-0.2, -0.15) is 0 Å². The van der Waals surface area contributed by atoms with E-state index >= 15 is 0 Å².